The summed E-state index contributed by atoms with van der Waals surface area (Å²) in [4.78, 5) is 14.4. The van der Waals surface area contributed by atoms with Crippen molar-refractivity contribution in [1.29, 1.82) is 0 Å². The van der Waals surface area contributed by atoms with Gasteiger partial charge in [-0.05, 0) is 56.5 Å². The van der Waals surface area contributed by atoms with Crippen molar-refractivity contribution >= 4 is 5.97 Å². The number of carbonyl (C=O) groups is 1. The van der Waals surface area contributed by atoms with E-state index < -0.39 is 0 Å². The van der Waals surface area contributed by atoms with Crippen molar-refractivity contribution in [2.24, 2.45) is 0 Å². The van der Waals surface area contributed by atoms with Crippen molar-refractivity contribution in [3.05, 3.63) is 35.4 Å². The summed E-state index contributed by atoms with van der Waals surface area (Å²) in [7, 11) is 0. The Kier molecular flexibility index (Phi) is 6.74. The van der Waals surface area contributed by atoms with E-state index in [1.807, 2.05) is 24.3 Å². The Labute approximate surface area is 128 Å². The van der Waals surface area contributed by atoms with E-state index in [2.05, 4.69) is 11.8 Å². The van der Waals surface area contributed by atoms with Crippen LogP contribution < -0.4 is 0 Å². The molecule has 21 heavy (non-hydrogen) atoms. The summed E-state index contributed by atoms with van der Waals surface area (Å²) in [6.07, 6.45) is 7.35. The zero-order valence-electron chi connectivity index (χ0n) is 13.1. The maximum atomic E-state index is 12.0. The predicted octanol–water partition coefficient (Wildman–Crippen LogP) is 3.67. The molecular formula is C18H27NO2. The number of benzene rings is 1. The molecule has 3 nitrogen and oxygen atoms in total. The lowest BCUT2D eigenvalue weighted by molar-refractivity contribution is 0.0452. The number of unbranched alkanes of at least 4 members (excludes halogenated alkanes) is 1. The highest BCUT2D eigenvalue weighted by Crippen LogP contribution is 2.10. The standard InChI is InChI=1S/C18H27NO2/c1-2-3-7-16-8-10-17(11-9-16)18(20)21-15-14-19-12-5-4-6-13-19/h8-11H,2-7,12-15H2,1H3. The molecule has 2 rings (SSSR count). The molecule has 116 valence electrons. The number of ether oxygens (including phenoxy) is 1. The van der Waals surface area contributed by atoms with Gasteiger partial charge in [-0.15, -0.1) is 0 Å². The van der Waals surface area contributed by atoms with Gasteiger partial charge in [-0.2, -0.15) is 0 Å². The number of rotatable bonds is 7. The molecule has 0 amide bonds. The third-order valence-electron chi connectivity index (χ3n) is 4.10. The molecule has 1 aliphatic heterocycles. The molecule has 1 saturated heterocycles. The van der Waals surface area contributed by atoms with Crippen LogP contribution in [0.4, 0.5) is 0 Å². The Hall–Kier alpha value is -1.35. The van der Waals surface area contributed by atoms with Crippen LogP contribution in [0.15, 0.2) is 24.3 Å². The van der Waals surface area contributed by atoms with E-state index in [0.717, 1.165) is 26.1 Å². The van der Waals surface area contributed by atoms with Crippen LogP contribution in [0.25, 0.3) is 0 Å². The molecule has 1 aromatic carbocycles. The molecule has 0 N–H and O–H groups in total. The third-order valence-corrected chi connectivity index (χ3v) is 4.10. The predicted molar refractivity (Wildman–Crippen MR) is 85.6 cm³/mol. The second-order valence-corrected chi connectivity index (χ2v) is 5.84. The number of aryl methyl sites for hydroxylation is 1. The molecule has 0 bridgehead atoms. The van der Waals surface area contributed by atoms with Gasteiger partial charge in [0, 0.05) is 6.54 Å². The molecule has 0 spiro atoms. The highest BCUT2D eigenvalue weighted by molar-refractivity contribution is 5.89. The maximum absolute atomic E-state index is 12.0. The molecule has 0 aromatic heterocycles. The van der Waals surface area contributed by atoms with Crippen molar-refractivity contribution in [3.8, 4) is 0 Å². The zero-order valence-corrected chi connectivity index (χ0v) is 13.1. The lowest BCUT2D eigenvalue weighted by Gasteiger charge is -2.25. The smallest absolute Gasteiger partial charge is 0.338 e. The van der Waals surface area contributed by atoms with Crippen LogP contribution in [0, 0.1) is 0 Å². The first-order valence-corrected chi connectivity index (χ1v) is 8.28. The van der Waals surface area contributed by atoms with E-state index in [9.17, 15) is 4.79 Å². The molecule has 0 radical (unpaired) electrons. The lowest BCUT2D eigenvalue weighted by Crippen LogP contribution is -2.33. The fraction of sp³-hybridized carbons (Fsp3) is 0.611. The van der Waals surface area contributed by atoms with Gasteiger partial charge in [0.05, 0.1) is 5.56 Å². The van der Waals surface area contributed by atoms with E-state index in [4.69, 9.17) is 4.74 Å². The molecule has 0 saturated carbocycles. The number of carbonyl (C=O) groups excluding carboxylic acids is 1. The zero-order chi connectivity index (χ0) is 14.9. The van der Waals surface area contributed by atoms with Gasteiger partial charge in [-0.1, -0.05) is 31.9 Å². The number of nitrogens with zero attached hydrogens (tertiary/aromatic N) is 1. The third kappa shape index (κ3) is 5.50. The van der Waals surface area contributed by atoms with Gasteiger partial charge < -0.3 is 4.74 Å². The Morgan fingerprint density at radius 1 is 1.14 bits per heavy atom. The van der Waals surface area contributed by atoms with E-state index in [-0.39, 0.29) is 5.97 Å². The number of likely N-dealkylation sites (tertiary alicyclic amines) is 1. The number of piperidine rings is 1. The Morgan fingerprint density at radius 3 is 2.52 bits per heavy atom. The highest BCUT2D eigenvalue weighted by Gasteiger charge is 2.11. The molecule has 0 atom stereocenters. The SMILES string of the molecule is CCCCc1ccc(C(=O)OCCN2CCCCC2)cc1. The first-order chi connectivity index (χ1) is 10.3. The quantitative estimate of drug-likeness (QED) is 0.717. The van der Waals surface area contributed by atoms with Crippen LogP contribution in [0.1, 0.15) is 54.9 Å². The van der Waals surface area contributed by atoms with Crippen molar-refractivity contribution < 1.29 is 9.53 Å². The summed E-state index contributed by atoms with van der Waals surface area (Å²) in [6.45, 7) is 5.83. The Morgan fingerprint density at radius 2 is 1.86 bits per heavy atom. The van der Waals surface area contributed by atoms with Gasteiger partial charge >= 0.3 is 5.97 Å². The van der Waals surface area contributed by atoms with Crippen molar-refractivity contribution in [2.75, 3.05) is 26.2 Å². The summed E-state index contributed by atoms with van der Waals surface area (Å²) < 4.78 is 5.37. The van der Waals surface area contributed by atoms with Crippen LogP contribution in [0.2, 0.25) is 0 Å². The maximum Gasteiger partial charge on any atom is 0.338 e. The van der Waals surface area contributed by atoms with Crippen molar-refractivity contribution in [1.82, 2.24) is 4.90 Å². The lowest BCUT2D eigenvalue weighted by atomic mass is 10.1. The summed E-state index contributed by atoms with van der Waals surface area (Å²) in [6, 6.07) is 7.84. The first-order valence-electron chi connectivity index (χ1n) is 8.28. The van der Waals surface area contributed by atoms with Crippen molar-refractivity contribution in [3.63, 3.8) is 0 Å². The minimum Gasteiger partial charge on any atom is -0.461 e. The van der Waals surface area contributed by atoms with E-state index >= 15 is 0 Å². The van der Waals surface area contributed by atoms with Crippen LogP contribution in [-0.2, 0) is 11.2 Å². The number of esters is 1. The van der Waals surface area contributed by atoms with Gasteiger partial charge in [-0.3, -0.25) is 4.90 Å². The highest BCUT2D eigenvalue weighted by atomic mass is 16.5. The van der Waals surface area contributed by atoms with E-state index in [1.165, 1.54) is 37.7 Å². The van der Waals surface area contributed by atoms with Crippen LogP contribution in [0.3, 0.4) is 0 Å². The summed E-state index contributed by atoms with van der Waals surface area (Å²) >= 11 is 0. The molecule has 0 aliphatic carbocycles. The second-order valence-electron chi connectivity index (χ2n) is 5.84. The van der Waals surface area contributed by atoms with E-state index in [1.54, 1.807) is 0 Å². The molecule has 0 unspecified atom stereocenters. The van der Waals surface area contributed by atoms with E-state index in [0.29, 0.717) is 12.2 Å². The average molecular weight is 289 g/mol. The Bertz CT molecular complexity index is 421. The molecule has 3 heteroatoms. The van der Waals surface area contributed by atoms with Crippen LogP contribution >= 0.6 is 0 Å². The van der Waals surface area contributed by atoms with Crippen LogP contribution in [0.5, 0.6) is 0 Å². The molecular weight excluding hydrogens is 262 g/mol. The molecule has 1 fully saturated rings. The summed E-state index contributed by atoms with van der Waals surface area (Å²) in [5.41, 5.74) is 1.95. The van der Waals surface area contributed by atoms with Crippen molar-refractivity contribution in [2.45, 2.75) is 45.4 Å². The van der Waals surface area contributed by atoms with Gasteiger partial charge in [0.2, 0.25) is 0 Å². The summed E-state index contributed by atoms with van der Waals surface area (Å²) in [5.74, 6) is -0.200. The summed E-state index contributed by atoms with van der Waals surface area (Å²) in [5, 5.41) is 0. The van der Waals surface area contributed by atoms with Gasteiger partial charge in [0.15, 0.2) is 0 Å². The fourth-order valence-electron chi connectivity index (χ4n) is 2.72. The topological polar surface area (TPSA) is 29.5 Å². The molecule has 1 aliphatic rings. The fourth-order valence-corrected chi connectivity index (χ4v) is 2.72. The first kappa shape index (κ1) is 16.0. The van der Waals surface area contributed by atoms with Gasteiger partial charge in [-0.25, -0.2) is 4.79 Å². The van der Waals surface area contributed by atoms with Gasteiger partial charge in [0.1, 0.15) is 6.61 Å². The monoisotopic (exact) mass is 289 g/mol. The number of hydrogen-bond acceptors (Lipinski definition) is 3. The van der Waals surface area contributed by atoms with Gasteiger partial charge in [0.25, 0.3) is 0 Å². The minimum atomic E-state index is -0.200. The minimum absolute atomic E-state index is 0.200. The normalized spacial score (nSPS) is 15.9. The number of hydrogen-bond donors (Lipinski definition) is 0. The second kappa shape index (κ2) is 8.83. The largest absolute Gasteiger partial charge is 0.461 e. The Balaban J connectivity index is 1.72. The van der Waals surface area contributed by atoms with Crippen LogP contribution in [-0.4, -0.2) is 37.1 Å². The average Bonchev–Trinajstić information content (AvgIpc) is 2.54. The molecule has 1 aromatic rings. The molecule has 1 heterocycles.